The molecule has 0 aliphatic carbocycles. The summed E-state index contributed by atoms with van der Waals surface area (Å²) in [6.07, 6.45) is 2.50. The lowest BCUT2D eigenvalue weighted by molar-refractivity contribution is -0.123. The van der Waals surface area contributed by atoms with Crippen molar-refractivity contribution in [1.29, 1.82) is 0 Å². The van der Waals surface area contributed by atoms with E-state index in [0.717, 1.165) is 5.69 Å². The molecule has 2 amide bonds. The fourth-order valence-electron chi connectivity index (χ4n) is 2.97. The molecule has 0 aromatic carbocycles. The Hall–Kier alpha value is -2.90. The molecule has 1 saturated heterocycles. The summed E-state index contributed by atoms with van der Waals surface area (Å²) >= 11 is 0. The van der Waals surface area contributed by atoms with Gasteiger partial charge in [0.05, 0.1) is 17.8 Å². The molecule has 8 heteroatoms. The maximum Gasteiger partial charge on any atom is 0.268 e. The van der Waals surface area contributed by atoms with E-state index in [-0.39, 0.29) is 35.2 Å². The molecule has 0 radical (unpaired) electrons. The Kier molecular flexibility index (Phi) is 4.20. The van der Waals surface area contributed by atoms with Gasteiger partial charge in [0.25, 0.3) is 5.91 Å². The molecule has 0 bridgehead atoms. The molecule has 1 aliphatic heterocycles. The third kappa shape index (κ3) is 3.22. The largest absolute Gasteiger partial charge is 0.346 e. The van der Waals surface area contributed by atoms with Gasteiger partial charge in [0, 0.05) is 25.7 Å². The number of hydrogen-bond acceptors (Lipinski definition) is 4. The molecule has 2 aromatic heterocycles. The molecular weight excluding hydrogens is 310 g/mol. The second-order valence-corrected chi connectivity index (χ2v) is 5.98. The molecule has 8 nitrogen and oxygen atoms in total. The summed E-state index contributed by atoms with van der Waals surface area (Å²) < 4.78 is 1.67. The molecule has 126 valence electrons. The van der Waals surface area contributed by atoms with Crippen LogP contribution in [-0.2, 0) is 11.8 Å². The Labute approximate surface area is 138 Å². The minimum atomic E-state index is -0.371. The number of pyridine rings is 1. The summed E-state index contributed by atoms with van der Waals surface area (Å²) in [6.45, 7) is 1.76. The van der Waals surface area contributed by atoms with Crippen LogP contribution in [0.2, 0.25) is 0 Å². The van der Waals surface area contributed by atoms with Crippen molar-refractivity contribution in [3.05, 3.63) is 51.7 Å². The predicted molar refractivity (Wildman–Crippen MR) is 86.4 cm³/mol. The third-order valence-corrected chi connectivity index (χ3v) is 4.13. The summed E-state index contributed by atoms with van der Waals surface area (Å²) in [7, 11) is 1.78. The molecule has 3 heterocycles. The van der Waals surface area contributed by atoms with Gasteiger partial charge < -0.3 is 15.6 Å². The number of amides is 2. The van der Waals surface area contributed by atoms with Gasteiger partial charge in [-0.15, -0.1) is 0 Å². The number of hydrogen-bond donors (Lipinski definition) is 3. The Morgan fingerprint density at radius 3 is 2.83 bits per heavy atom. The highest BCUT2D eigenvalue weighted by Gasteiger charge is 2.33. The minimum absolute atomic E-state index is 0.0596. The molecule has 2 aromatic rings. The van der Waals surface area contributed by atoms with Crippen LogP contribution in [0.5, 0.6) is 0 Å². The van der Waals surface area contributed by atoms with Crippen molar-refractivity contribution < 1.29 is 9.59 Å². The standard InChI is InChI=1S/C16H19N5O3/c1-9-7-11(18-14(23)8-9)16(24)19-10-3-4-13(22)20-15(10)12-5-6-17-21(12)2/h5-8,10,15H,3-4H2,1-2H3,(H,18,23)(H,19,24)(H,20,22)/t10-,15-/m1/s1. The van der Waals surface area contributed by atoms with E-state index in [1.54, 1.807) is 30.9 Å². The first-order valence-corrected chi connectivity index (χ1v) is 7.73. The highest BCUT2D eigenvalue weighted by Crippen LogP contribution is 2.24. The lowest BCUT2D eigenvalue weighted by atomic mass is 9.95. The quantitative estimate of drug-likeness (QED) is 0.745. The van der Waals surface area contributed by atoms with E-state index in [9.17, 15) is 14.4 Å². The van der Waals surface area contributed by atoms with E-state index in [4.69, 9.17) is 0 Å². The summed E-state index contributed by atoms with van der Waals surface area (Å²) in [5.74, 6) is -0.431. The lowest BCUT2D eigenvalue weighted by Gasteiger charge is -2.32. The van der Waals surface area contributed by atoms with Crippen molar-refractivity contribution in [1.82, 2.24) is 25.4 Å². The van der Waals surface area contributed by atoms with E-state index in [2.05, 4.69) is 20.7 Å². The highest BCUT2D eigenvalue weighted by atomic mass is 16.2. The van der Waals surface area contributed by atoms with Gasteiger partial charge in [0.15, 0.2) is 0 Å². The monoisotopic (exact) mass is 329 g/mol. The zero-order valence-electron chi connectivity index (χ0n) is 13.5. The van der Waals surface area contributed by atoms with Crippen LogP contribution in [0.25, 0.3) is 0 Å². The maximum absolute atomic E-state index is 12.5. The van der Waals surface area contributed by atoms with E-state index in [1.807, 2.05) is 6.07 Å². The van der Waals surface area contributed by atoms with Gasteiger partial charge in [-0.3, -0.25) is 19.1 Å². The highest BCUT2D eigenvalue weighted by molar-refractivity contribution is 5.92. The topological polar surface area (TPSA) is 109 Å². The Morgan fingerprint density at radius 2 is 2.17 bits per heavy atom. The van der Waals surface area contributed by atoms with Gasteiger partial charge in [-0.2, -0.15) is 5.10 Å². The van der Waals surface area contributed by atoms with Crippen LogP contribution in [-0.4, -0.2) is 32.6 Å². The van der Waals surface area contributed by atoms with E-state index >= 15 is 0 Å². The van der Waals surface area contributed by atoms with E-state index in [0.29, 0.717) is 18.4 Å². The normalized spacial score (nSPS) is 20.5. The van der Waals surface area contributed by atoms with Gasteiger partial charge in [-0.25, -0.2) is 0 Å². The van der Waals surface area contributed by atoms with Crippen molar-refractivity contribution in [2.24, 2.45) is 7.05 Å². The SMILES string of the molecule is Cc1cc(C(=O)N[C@@H]2CCC(=O)N[C@H]2c2ccnn2C)[nH]c(=O)c1. The van der Waals surface area contributed by atoms with Gasteiger partial charge in [0.2, 0.25) is 11.5 Å². The van der Waals surface area contributed by atoms with Gasteiger partial charge in [-0.05, 0) is 31.0 Å². The number of carbonyl (C=O) groups excluding carboxylic acids is 2. The smallest absolute Gasteiger partial charge is 0.268 e. The molecular formula is C16H19N5O3. The molecule has 0 unspecified atom stereocenters. The summed E-state index contributed by atoms with van der Waals surface area (Å²) in [5.41, 5.74) is 1.41. The number of aryl methyl sites for hydroxylation is 2. The third-order valence-electron chi connectivity index (χ3n) is 4.13. The average molecular weight is 329 g/mol. The Balaban J connectivity index is 1.83. The molecule has 0 saturated carbocycles. The molecule has 1 fully saturated rings. The second kappa shape index (κ2) is 6.31. The van der Waals surface area contributed by atoms with Crippen molar-refractivity contribution in [3.8, 4) is 0 Å². The number of rotatable bonds is 3. The second-order valence-electron chi connectivity index (χ2n) is 5.98. The number of aromatic nitrogens is 3. The van der Waals surface area contributed by atoms with Crippen LogP contribution in [0.15, 0.2) is 29.2 Å². The van der Waals surface area contributed by atoms with Gasteiger partial charge >= 0.3 is 0 Å². The first kappa shape index (κ1) is 16.0. The van der Waals surface area contributed by atoms with Crippen LogP contribution in [0.3, 0.4) is 0 Å². The number of H-pyrrole nitrogens is 1. The number of aromatic amines is 1. The van der Waals surface area contributed by atoms with Crippen molar-refractivity contribution in [3.63, 3.8) is 0 Å². The predicted octanol–water partition coefficient (Wildman–Crippen LogP) is 0.167. The van der Waals surface area contributed by atoms with E-state index < -0.39 is 0 Å². The van der Waals surface area contributed by atoms with Crippen molar-refractivity contribution in [2.75, 3.05) is 0 Å². The molecule has 2 atom stereocenters. The fourth-order valence-corrected chi connectivity index (χ4v) is 2.97. The van der Waals surface area contributed by atoms with Crippen LogP contribution in [0.1, 0.15) is 40.6 Å². The number of carbonyl (C=O) groups is 2. The maximum atomic E-state index is 12.5. The van der Waals surface area contributed by atoms with Gasteiger partial charge in [0.1, 0.15) is 5.69 Å². The van der Waals surface area contributed by atoms with Gasteiger partial charge in [-0.1, -0.05) is 0 Å². The molecule has 24 heavy (non-hydrogen) atoms. The van der Waals surface area contributed by atoms with Crippen molar-refractivity contribution in [2.45, 2.75) is 31.8 Å². The molecule has 3 rings (SSSR count). The zero-order chi connectivity index (χ0) is 17.3. The number of nitrogens with zero attached hydrogens (tertiary/aromatic N) is 2. The average Bonchev–Trinajstić information content (AvgIpc) is 2.94. The Bertz CT molecular complexity index is 838. The number of nitrogens with one attached hydrogen (secondary N) is 3. The molecule has 3 N–H and O–H groups in total. The summed E-state index contributed by atoms with van der Waals surface area (Å²) in [4.78, 5) is 38.3. The lowest BCUT2D eigenvalue weighted by Crippen LogP contribution is -2.50. The zero-order valence-corrected chi connectivity index (χ0v) is 13.5. The minimum Gasteiger partial charge on any atom is -0.346 e. The van der Waals surface area contributed by atoms with E-state index in [1.165, 1.54) is 6.07 Å². The van der Waals surface area contributed by atoms with Crippen LogP contribution >= 0.6 is 0 Å². The van der Waals surface area contributed by atoms with Crippen LogP contribution in [0, 0.1) is 6.92 Å². The summed E-state index contributed by atoms with van der Waals surface area (Å²) in [6, 6.07) is 4.21. The van der Waals surface area contributed by atoms with Crippen LogP contribution < -0.4 is 16.2 Å². The molecule has 0 spiro atoms. The number of piperidine rings is 1. The summed E-state index contributed by atoms with van der Waals surface area (Å²) in [5, 5.41) is 9.93. The van der Waals surface area contributed by atoms with Crippen LogP contribution in [0.4, 0.5) is 0 Å². The first-order valence-electron chi connectivity index (χ1n) is 7.73. The first-order chi connectivity index (χ1) is 11.4. The van der Waals surface area contributed by atoms with Crippen molar-refractivity contribution >= 4 is 11.8 Å². The fraction of sp³-hybridized carbons (Fsp3) is 0.375. The Morgan fingerprint density at radius 1 is 1.38 bits per heavy atom. The molecule has 1 aliphatic rings.